The Morgan fingerprint density at radius 3 is 2.93 bits per heavy atom. The van der Waals surface area contributed by atoms with E-state index in [2.05, 4.69) is 10.00 Å². The maximum atomic E-state index is 12.3. The maximum absolute atomic E-state index is 12.3. The van der Waals surface area contributed by atoms with E-state index in [0.29, 0.717) is 18.2 Å². The molecule has 2 fully saturated rings. The summed E-state index contributed by atoms with van der Waals surface area (Å²) in [6.45, 7) is 2.03. The average molecular weight is 369 g/mol. The molecule has 2 aliphatic rings. The highest BCUT2D eigenvalue weighted by molar-refractivity contribution is 5.89. The number of carbonyl (C=O) groups is 1. The monoisotopic (exact) mass is 369 g/mol. The molecule has 4 rings (SSSR count). The van der Waals surface area contributed by atoms with Gasteiger partial charge in [-0.25, -0.2) is 9.48 Å². The van der Waals surface area contributed by atoms with Gasteiger partial charge < -0.3 is 14.4 Å². The molecule has 0 N–H and O–H groups in total. The van der Waals surface area contributed by atoms with Crippen LogP contribution in [0.1, 0.15) is 35.2 Å². The van der Waals surface area contributed by atoms with Crippen LogP contribution in [-0.4, -0.2) is 48.2 Å². The van der Waals surface area contributed by atoms with Crippen LogP contribution >= 0.6 is 0 Å². The first-order valence-corrected chi connectivity index (χ1v) is 9.29. The summed E-state index contributed by atoms with van der Waals surface area (Å²) in [6, 6.07) is 10.8. The van der Waals surface area contributed by atoms with Crippen LogP contribution in [0.3, 0.4) is 0 Å². The standard InChI is InChI=1S/C20H23N3O4/c1-26-20(25)15-6-4-5-14(11-15)12-23-19(24)9-8-18(21-23)22-10-3-2-7-16(22)17-13-27-17/h4-6,8-9,11,16-17H,2-3,7,10,12-13H2,1H3. The van der Waals surface area contributed by atoms with Crippen molar-refractivity contribution in [3.8, 4) is 0 Å². The molecule has 27 heavy (non-hydrogen) atoms. The van der Waals surface area contributed by atoms with E-state index in [4.69, 9.17) is 9.47 Å². The summed E-state index contributed by atoms with van der Waals surface area (Å²) in [5, 5.41) is 4.60. The third kappa shape index (κ3) is 3.88. The summed E-state index contributed by atoms with van der Waals surface area (Å²) in [6.07, 6.45) is 3.68. The number of methoxy groups -OCH3 is 1. The van der Waals surface area contributed by atoms with Gasteiger partial charge in [0.2, 0.25) is 0 Å². The Bertz CT molecular complexity index is 891. The van der Waals surface area contributed by atoms with E-state index in [0.717, 1.165) is 37.4 Å². The van der Waals surface area contributed by atoms with Gasteiger partial charge in [0.1, 0.15) is 11.9 Å². The molecule has 7 heteroatoms. The van der Waals surface area contributed by atoms with E-state index in [9.17, 15) is 9.59 Å². The predicted octanol–water partition coefficient (Wildman–Crippen LogP) is 1.84. The van der Waals surface area contributed by atoms with Crippen LogP contribution in [0.2, 0.25) is 0 Å². The Morgan fingerprint density at radius 1 is 1.30 bits per heavy atom. The number of benzene rings is 1. The quantitative estimate of drug-likeness (QED) is 0.591. The van der Waals surface area contributed by atoms with E-state index in [-0.39, 0.29) is 11.7 Å². The smallest absolute Gasteiger partial charge is 0.337 e. The number of nitrogens with zero attached hydrogens (tertiary/aromatic N) is 3. The van der Waals surface area contributed by atoms with E-state index in [1.165, 1.54) is 18.2 Å². The molecule has 3 heterocycles. The minimum atomic E-state index is -0.397. The Morgan fingerprint density at radius 2 is 2.15 bits per heavy atom. The normalized spacial score (nSPS) is 21.7. The molecule has 2 saturated heterocycles. The topological polar surface area (TPSA) is 77.0 Å². The van der Waals surface area contributed by atoms with Gasteiger partial charge in [0.05, 0.1) is 31.9 Å². The second kappa shape index (κ2) is 7.52. The highest BCUT2D eigenvalue weighted by atomic mass is 16.6. The van der Waals surface area contributed by atoms with Crippen molar-refractivity contribution in [3.63, 3.8) is 0 Å². The molecule has 1 aromatic carbocycles. The van der Waals surface area contributed by atoms with Gasteiger partial charge in [-0.1, -0.05) is 12.1 Å². The summed E-state index contributed by atoms with van der Waals surface area (Å²) in [5.41, 5.74) is 1.12. The number of hydrogen-bond acceptors (Lipinski definition) is 6. The van der Waals surface area contributed by atoms with Crippen molar-refractivity contribution >= 4 is 11.8 Å². The van der Waals surface area contributed by atoms with Crippen LogP contribution in [0.25, 0.3) is 0 Å². The first-order chi connectivity index (χ1) is 13.2. The lowest BCUT2D eigenvalue weighted by atomic mass is 10.00. The molecule has 2 aromatic rings. The molecule has 2 atom stereocenters. The fourth-order valence-electron chi connectivity index (χ4n) is 3.70. The van der Waals surface area contributed by atoms with Crippen LogP contribution < -0.4 is 10.5 Å². The fourth-order valence-corrected chi connectivity index (χ4v) is 3.70. The van der Waals surface area contributed by atoms with Gasteiger partial charge in [0.25, 0.3) is 5.56 Å². The predicted molar refractivity (Wildman–Crippen MR) is 100 cm³/mol. The molecule has 2 aliphatic heterocycles. The molecule has 0 radical (unpaired) electrons. The summed E-state index contributed by atoms with van der Waals surface area (Å²) >= 11 is 0. The summed E-state index contributed by atoms with van der Waals surface area (Å²) < 4.78 is 11.7. The molecule has 7 nitrogen and oxygen atoms in total. The molecule has 0 saturated carbocycles. The summed E-state index contributed by atoms with van der Waals surface area (Å²) in [7, 11) is 1.35. The lowest BCUT2D eigenvalue weighted by Gasteiger charge is -2.35. The van der Waals surface area contributed by atoms with Crippen LogP contribution in [0.4, 0.5) is 5.82 Å². The van der Waals surface area contributed by atoms with Crippen LogP contribution in [0, 0.1) is 0 Å². The molecule has 0 bridgehead atoms. The molecule has 2 unspecified atom stereocenters. The van der Waals surface area contributed by atoms with Crippen molar-refractivity contribution in [2.75, 3.05) is 25.2 Å². The van der Waals surface area contributed by atoms with Crippen molar-refractivity contribution in [3.05, 3.63) is 57.9 Å². The number of carbonyl (C=O) groups excluding carboxylic acids is 1. The van der Waals surface area contributed by atoms with Crippen LogP contribution in [-0.2, 0) is 16.0 Å². The lowest BCUT2D eigenvalue weighted by Crippen LogP contribution is -2.44. The molecular formula is C20H23N3O4. The fraction of sp³-hybridized carbons (Fsp3) is 0.450. The molecule has 0 spiro atoms. The van der Waals surface area contributed by atoms with E-state index in [1.54, 1.807) is 30.3 Å². The molecular weight excluding hydrogens is 346 g/mol. The second-order valence-electron chi connectivity index (χ2n) is 7.01. The maximum Gasteiger partial charge on any atom is 0.337 e. The van der Waals surface area contributed by atoms with Crippen LogP contribution in [0.5, 0.6) is 0 Å². The number of rotatable bonds is 5. The Balaban J connectivity index is 1.59. The number of anilines is 1. The highest BCUT2D eigenvalue weighted by Gasteiger charge is 2.38. The number of hydrogen-bond donors (Lipinski definition) is 0. The van der Waals surface area contributed by atoms with E-state index in [1.807, 2.05) is 6.07 Å². The number of ether oxygens (including phenoxy) is 2. The number of aromatic nitrogens is 2. The minimum absolute atomic E-state index is 0.168. The second-order valence-corrected chi connectivity index (χ2v) is 7.01. The van der Waals surface area contributed by atoms with Gasteiger partial charge >= 0.3 is 5.97 Å². The van der Waals surface area contributed by atoms with E-state index < -0.39 is 5.97 Å². The zero-order chi connectivity index (χ0) is 18.8. The zero-order valence-electron chi connectivity index (χ0n) is 15.3. The Labute approximate surface area is 157 Å². The molecule has 1 aromatic heterocycles. The van der Waals surface area contributed by atoms with Crippen molar-refractivity contribution in [1.82, 2.24) is 9.78 Å². The Hall–Kier alpha value is -2.67. The molecule has 0 amide bonds. The van der Waals surface area contributed by atoms with Gasteiger partial charge in [-0.3, -0.25) is 4.79 Å². The first kappa shape index (κ1) is 17.7. The zero-order valence-corrected chi connectivity index (χ0v) is 15.3. The van der Waals surface area contributed by atoms with Crippen molar-refractivity contribution < 1.29 is 14.3 Å². The highest BCUT2D eigenvalue weighted by Crippen LogP contribution is 2.30. The molecule has 142 valence electrons. The number of piperidine rings is 1. The van der Waals surface area contributed by atoms with Gasteiger partial charge in [-0.05, 0) is 43.0 Å². The summed E-state index contributed by atoms with van der Waals surface area (Å²) in [4.78, 5) is 26.3. The van der Waals surface area contributed by atoms with Gasteiger partial charge in [0.15, 0.2) is 0 Å². The van der Waals surface area contributed by atoms with Crippen molar-refractivity contribution in [1.29, 1.82) is 0 Å². The third-order valence-corrected chi connectivity index (χ3v) is 5.16. The lowest BCUT2D eigenvalue weighted by molar-refractivity contribution is 0.0600. The Kier molecular flexibility index (Phi) is 4.94. The van der Waals surface area contributed by atoms with Crippen molar-refractivity contribution in [2.24, 2.45) is 0 Å². The first-order valence-electron chi connectivity index (χ1n) is 9.29. The molecule has 0 aliphatic carbocycles. The minimum Gasteiger partial charge on any atom is -0.465 e. The van der Waals surface area contributed by atoms with E-state index >= 15 is 0 Å². The SMILES string of the molecule is COC(=O)c1cccc(Cn2nc(N3CCCCC3C3CO3)ccc2=O)c1. The van der Waals surface area contributed by atoms with Gasteiger partial charge in [0, 0.05) is 12.6 Å². The average Bonchev–Trinajstić information content (AvgIpc) is 3.54. The van der Waals surface area contributed by atoms with Crippen molar-refractivity contribution in [2.45, 2.75) is 38.0 Å². The summed E-state index contributed by atoms with van der Waals surface area (Å²) in [5.74, 6) is 0.408. The largest absolute Gasteiger partial charge is 0.465 e. The number of esters is 1. The third-order valence-electron chi connectivity index (χ3n) is 5.16. The van der Waals surface area contributed by atoms with Gasteiger partial charge in [-0.2, -0.15) is 5.10 Å². The van der Waals surface area contributed by atoms with Crippen LogP contribution in [0.15, 0.2) is 41.2 Å². The number of epoxide rings is 1. The van der Waals surface area contributed by atoms with Gasteiger partial charge in [-0.15, -0.1) is 0 Å².